The molecular weight excluding hydrogens is 269 g/mol. The fourth-order valence-corrected chi connectivity index (χ4v) is 3.33. The molecule has 0 aromatic heterocycles. The predicted molar refractivity (Wildman–Crippen MR) is 71.8 cm³/mol. The van der Waals surface area contributed by atoms with Gasteiger partial charge >= 0.3 is 0 Å². The lowest BCUT2D eigenvalue weighted by atomic mass is 10.0. The van der Waals surface area contributed by atoms with Crippen molar-refractivity contribution in [2.45, 2.75) is 38.1 Å². The molecule has 4 nitrogen and oxygen atoms in total. The lowest BCUT2D eigenvalue weighted by molar-refractivity contribution is 0.256. The van der Waals surface area contributed by atoms with Crippen molar-refractivity contribution < 1.29 is 17.9 Å². The summed E-state index contributed by atoms with van der Waals surface area (Å²) >= 11 is 0. The highest BCUT2D eigenvalue weighted by Gasteiger charge is 2.24. The zero-order chi connectivity index (χ0) is 14.6. The van der Waals surface area contributed by atoms with Gasteiger partial charge in [-0.05, 0) is 37.0 Å². The molecule has 108 valence electrons. The number of sulfonamides is 1. The summed E-state index contributed by atoms with van der Waals surface area (Å²) in [4.78, 5) is -0.351. The van der Waals surface area contributed by atoms with E-state index in [1.54, 1.807) is 6.92 Å². The Labute approximate surface area is 113 Å². The highest BCUT2D eigenvalue weighted by molar-refractivity contribution is 7.89. The van der Waals surface area contributed by atoms with Crippen molar-refractivity contribution in [2.75, 3.05) is 6.61 Å². The van der Waals surface area contributed by atoms with Crippen LogP contribution in [0.2, 0.25) is 0 Å². The Hall–Kier alpha value is -0.980. The minimum absolute atomic E-state index is 0.00907. The van der Waals surface area contributed by atoms with E-state index in [1.807, 2.05) is 13.8 Å². The summed E-state index contributed by atoms with van der Waals surface area (Å²) < 4.78 is 40.4. The minimum atomic E-state index is -3.92. The molecule has 6 heteroatoms. The first-order valence-corrected chi connectivity index (χ1v) is 7.65. The molecule has 0 fully saturated rings. The number of hydrogen-bond donors (Lipinski definition) is 2. The quantitative estimate of drug-likeness (QED) is 0.839. The Morgan fingerprint density at radius 1 is 1.37 bits per heavy atom. The molecule has 19 heavy (non-hydrogen) atoms. The summed E-state index contributed by atoms with van der Waals surface area (Å²) in [5.74, 6) is -0.764. The number of hydrogen-bond acceptors (Lipinski definition) is 3. The van der Waals surface area contributed by atoms with Crippen LogP contribution in [0.15, 0.2) is 23.1 Å². The second kappa shape index (κ2) is 6.45. The second-order valence-electron chi connectivity index (χ2n) is 4.92. The van der Waals surface area contributed by atoms with Gasteiger partial charge in [0.15, 0.2) is 0 Å². The van der Waals surface area contributed by atoms with Crippen LogP contribution in [-0.4, -0.2) is 26.2 Å². The molecule has 2 N–H and O–H groups in total. The predicted octanol–water partition coefficient (Wildman–Crippen LogP) is 1.82. The highest BCUT2D eigenvalue weighted by Crippen LogP contribution is 2.18. The summed E-state index contributed by atoms with van der Waals surface area (Å²) in [5.41, 5.74) is 0.671. The lowest BCUT2D eigenvalue weighted by Crippen LogP contribution is -2.39. The number of aryl methyl sites for hydroxylation is 1. The fraction of sp³-hybridized carbons (Fsp3) is 0.538. The average Bonchev–Trinajstić information content (AvgIpc) is 2.31. The van der Waals surface area contributed by atoms with Crippen LogP contribution in [0.4, 0.5) is 4.39 Å². The van der Waals surface area contributed by atoms with E-state index in [4.69, 9.17) is 5.11 Å². The number of aliphatic hydroxyl groups is 1. The van der Waals surface area contributed by atoms with Crippen molar-refractivity contribution in [3.8, 4) is 0 Å². The molecule has 0 spiro atoms. The summed E-state index contributed by atoms with van der Waals surface area (Å²) in [5, 5.41) is 8.94. The van der Waals surface area contributed by atoms with E-state index in [-0.39, 0.29) is 17.4 Å². The maximum absolute atomic E-state index is 13.6. The number of benzene rings is 1. The van der Waals surface area contributed by atoms with Gasteiger partial charge in [-0.15, -0.1) is 0 Å². The monoisotopic (exact) mass is 289 g/mol. The maximum Gasteiger partial charge on any atom is 0.243 e. The largest absolute Gasteiger partial charge is 0.396 e. The second-order valence-corrected chi connectivity index (χ2v) is 6.60. The van der Waals surface area contributed by atoms with E-state index >= 15 is 0 Å². The molecule has 1 aromatic rings. The summed E-state index contributed by atoms with van der Waals surface area (Å²) in [7, 11) is -3.92. The first kappa shape index (κ1) is 16.1. The Morgan fingerprint density at radius 3 is 2.53 bits per heavy atom. The van der Waals surface area contributed by atoms with Gasteiger partial charge in [-0.2, -0.15) is 0 Å². The van der Waals surface area contributed by atoms with Gasteiger partial charge < -0.3 is 5.11 Å². The summed E-state index contributed by atoms with van der Waals surface area (Å²) in [6.07, 6.45) is 0.296. The van der Waals surface area contributed by atoms with Crippen LogP contribution in [0.1, 0.15) is 25.8 Å². The van der Waals surface area contributed by atoms with Gasteiger partial charge in [0.1, 0.15) is 10.7 Å². The van der Waals surface area contributed by atoms with Crippen LogP contribution in [0.25, 0.3) is 0 Å². The molecule has 0 saturated heterocycles. The minimum Gasteiger partial charge on any atom is -0.396 e. The fourth-order valence-electron chi connectivity index (χ4n) is 1.75. The van der Waals surface area contributed by atoms with Crippen molar-refractivity contribution in [1.29, 1.82) is 0 Å². The molecule has 0 aliphatic heterocycles. The van der Waals surface area contributed by atoms with E-state index in [2.05, 4.69) is 4.72 Å². The molecule has 1 aromatic carbocycles. The van der Waals surface area contributed by atoms with Crippen molar-refractivity contribution in [2.24, 2.45) is 5.92 Å². The van der Waals surface area contributed by atoms with Crippen LogP contribution in [0.3, 0.4) is 0 Å². The van der Waals surface area contributed by atoms with Gasteiger partial charge in [0.2, 0.25) is 10.0 Å². The Balaban J connectivity index is 3.06. The van der Waals surface area contributed by atoms with Crippen LogP contribution in [0, 0.1) is 18.7 Å². The van der Waals surface area contributed by atoms with Crippen molar-refractivity contribution in [3.63, 3.8) is 0 Å². The third-order valence-corrected chi connectivity index (χ3v) is 4.43. The normalized spacial score (nSPS) is 13.8. The molecule has 0 aliphatic rings. The van der Waals surface area contributed by atoms with E-state index in [1.165, 1.54) is 12.1 Å². The van der Waals surface area contributed by atoms with Crippen molar-refractivity contribution >= 4 is 10.0 Å². The molecule has 0 heterocycles. The molecule has 0 bridgehead atoms. The van der Waals surface area contributed by atoms with Crippen LogP contribution in [-0.2, 0) is 10.0 Å². The smallest absolute Gasteiger partial charge is 0.243 e. The highest BCUT2D eigenvalue weighted by atomic mass is 32.2. The molecular formula is C13H20FNO3S. The first-order valence-electron chi connectivity index (χ1n) is 6.17. The topological polar surface area (TPSA) is 66.4 Å². The van der Waals surface area contributed by atoms with Crippen LogP contribution >= 0.6 is 0 Å². The van der Waals surface area contributed by atoms with E-state index in [9.17, 15) is 12.8 Å². The molecule has 0 radical (unpaired) electrons. The number of aliphatic hydroxyl groups excluding tert-OH is 1. The maximum atomic E-state index is 13.6. The summed E-state index contributed by atoms with van der Waals surface area (Å²) in [6, 6.07) is 3.53. The van der Waals surface area contributed by atoms with Gasteiger partial charge in [0.05, 0.1) is 0 Å². The van der Waals surface area contributed by atoms with E-state index in [0.717, 1.165) is 6.07 Å². The van der Waals surface area contributed by atoms with Crippen LogP contribution < -0.4 is 4.72 Å². The Bertz CT molecular complexity index is 529. The Kier molecular flexibility index (Phi) is 5.46. The molecule has 0 aliphatic carbocycles. The number of rotatable bonds is 6. The zero-order valence-electron chi connectivity index (χ0n) is 11.4. The third-order valence-electron chi connectivity index (χ3n) is 2.93. The van der Waals surface area contributed by atoms with E-state index < -0.39 is 21.9 Å². The zero-order valence-corrected chi connectivity index (χ0v) is 12.2. The molecule has 0 saturated carbocycles. The average molecular weight is 289 g/mol. The van der Waals surface area contributed by atoms with Crippen molar-refractivity contribution in [1.82, 2.24) is 4.72 Å². The molecule has 0 unspecified atom stereocenters. The van der Waals surface area contributed by atoms with Gasteiger partial charge in [0, 0.05) is 12.6 Å². The van der Waals surface area contributed by atoms with Gasteiger partial charge in [-0.3, -0.25) is 0 Å². The molecule has 1 rings (SSSR count). The SMILES string of the molecule is Cc1ccc(F)c(S(=O)(=O)N[C@@H](CCO)C(C)C)c1. The standard InChI is InChI=1S/C13H20FNO3S/c1-9(2)12(6-7-16)15-19(17,18)13-8-10(3)4-5-11(13)14/h4-5,8-9,12,15-16H,6-7H2,1-3H3/t12-/m0/s1. The molecule has 0 amide bonds. The lowest BCUT2D eigenvalue weighted by Gasteiger charge is -2.21. The first-order chi connectivity index (χ1) is 8.77. The van der Waals surface area contributed by atoms with Gasteiger partial charge in [0.25, 0.3) is 0 Å². The van der Waals surface area contributed by atoms with E-state index in [0.29, 0.717) is 12.0 Å². The third kappa shape index (κ3) is 4.26. The van der Waals surface area contributed by atoms with Gasteiger partial charge in [-0.1, -0.05) is 19.9 Å². The summed E-state index contributed by atoms with van der Waals surface area (Å²) in [6.45, 7) is 5.26. The number of halogens is 1. The number of nitrogens with one attached hydrogen (secondary N) is 1. The van der Waals surface area contributed by atoms with Crippen LogP contribution in [0.5, 0.6) is 0 Å². The van der Waals surface area contributed by atoms with Crippen molar-refractivity contribution in [3.05, 3.63) is 29.6 Å². The van der Waals surface area contributed by atoms with Gasteiger partial charge in [-0.25, -0.2) is 17.5 Å². The molecule has 1 atom stereocenters. The Morgan fingerprint density at radius 2 is 2.00 bits per heavy atom.